The van der Waals surface area contributed by atoms with Gasteiger partial charge < -0.3 is 4.74 Å². The Morgan fingerprint density at radius 3 is 3.20 bits per heavy atom. The Bertz CT molecular complexity index is 140. The number of carbonyl (C=O) groups excluding carboxylic acids is 1. The van der Waals surface area contributed by atoms with E-state index in [1.807, 2.05) is 0 Å². The molecular weight excluding hydrogens is 128 g/mol. The number of Topliss-reactive ketones (excluding diaryl/α,β-unsaturated/α-hetero) is 1. The lowest BCUT2D eigenvalue weighted by Gasteiger charge is -2.18. The molecule has 2 heteroatoms. The summed E-state index contributed by atoms with van der Waals surface area (Å²) >= 11 is 0. The number of rotatable bonds is 2. The number of hydrogen-bond donors (Lipinski definition) is 0. The van der Waals surface area contributed by atoms with E-state index in [4.69, 9.17) is 4.74 Å². The molecule has 1 saturated heterocycles. The van der Waals surface area contributed by atoms with E-state index in [-0.39, 0.29) is 5.92 Å². The summed E-state index contributed by atoms with van der Waals surface area (Å²) in [6, 6.07) is 0. The van der Waals surface area contributed by atoms with Crippen molar-refractivity contribution >= 4 is 5.78 Å². The molecule has 0 aromatic rings. The number of hydrogen-bond acceptors (Lipinski definition) is 2. The van der Waals surface area contributed by atoms with Crippen LogP contribution in [0.5, 0.6) is 0 Å². The fraction of sp³-hybridized carbons (Fsp3) is 0.625. The van der Waals surface area contributed by atoms with E-state index in [1.165, 1.54) is 0 Å². The van der Waals surface area contributed by atoms with E-state index >= 15 is 0 Å². The van der Waals surface area contributed by atoms with Crippen molar-refractivity contribution in [2.75, 3.05) is 13.2 Å². The highest BCUT2D eigenvalue weighted by molar-refractivity contribution is 5.81. The molecule has 0 spiro atoms. The van der Waals surface area contributed by atoms with Crippen LogP contribution in [-0.2, 0) is 9.53 Å². The zero-order valence-electron chi connectivity index (χ0n) is 6.01. The van der Waals surface area contributed by atoms with Crippen LogP contribution in [0, 0.1) is 5.92 Å². The lowest BCUT2D eigenvalue weighted by molar-refractivity contribution is -0.130. The van der Waals surface area contributed by atoms with Gasteiger partial charge in [-0.15, -0.1) is 6.58 Å². The molecule has 1 aliphatic heterocycles. The summed E-state index contributed by atoms with van der Waals surface area (Å²) in [5.41, 5.74) is 0. The summed E-state index contributed by atoms with van der Waals surface area (Å²) in [6.07, 6.45) is 3.12. The van der Waals surface area contributed by atoms with Gasteiger partial charge in [0.25, 0.3) is 0 Å². The zero-order valence-corrected chi connectivity index (χ0v) is 6.01. The Balaban J connectivity index is 2.39. The normalized spacial score (nSPS) is 26.4. The van der Waals surface area contributed by atoms with Crippen LogP contribution in [-0.4, -0.2) is 19.0 Å². The van der Waals surface area contributed by atoms with E-state index < -0.39 is 0 Å². The van der Waals surface area contributed by atoms with Gasteiger partial charge >= 0.3 is 0 Å². The Morgan fingerprint density at radius 1 is 1.80 bits per heavy atom. The minimum Gasteiger partial charge on any atom is -0.380 e. The molecule has 2 nitrogen and oxygen atoms in total. The summed E-state index contributed by atoms with van der Waals surface area (Å²) in [4.78, 5) is 11.1. The molecule has 1 aliphatic rings. The Kier molecular flexibility index (Phi) is 2.63. The lowest BCUT2D eigenvalue weighted by Crippen LogP contribution is -2.26. The molecule has 0 N–H and O–H groups in total. The van der Waals surface area contributed by atoms with Gasteiger partial charge in [0.2, 0.25) is 0 Å². The maximum Gasteiger partial charge on any atom is 0.140 e. The van der Waals surface area contributed by atoms with Gasteiger partial charge in [-0.1, -0.05) is 6.08 Å². The van der Waals surface area contributed by atoms with Crippen molar-refractivity contribution in [3.8, 4) is 0 Å². The number of carbonyl (C=O) groups is 1. The maximum absolute atomic E-state index is 11.1. The van der Waals surface area contributed by atoms with Crippen molar-refractivity contribution in [1.29, 1.82) is 0 Å². The van der Waals surface area contributed by atoms with Gasteiger partial charge in [0.15, 0.2) is 0 Å². The van der Waals surface area contributed by atoms with E-state index in [9.17, 15) is 4.79 Å². The fourth-order valence-electron chi connectivity index (χ4n) is 1.10. The molecule has 0 amide bonds. The van der Waals surface area contributed by atoms with Crippen LogP contribution >= 0.6 is 0 Å². The molecule has 1 heterocycles. The molecule has 0 bridgehead atoms. The quantitative estimate of drug-likeness (QED) is 0.538. The summed E-state index contributed by atoms with van der Waals surface area (Å²) < 4.78 is 5.14. The molecule has 56 valence electrons. The van der Waals surface area contributed by atoms with Crippen molar-refractivity contribution in [1.82, 2.24) is 0 Å². The number of ether oxygens (including phenoxy) is 1. The van der Waals surface area contributed by atoms with Crippen LogP contribution in [0.25, 0.3) is 0 Å². The molecule has 0 aromatic heterocycles. The van der Waals surface area contributed by atoms with Gasteiger partial charge in [-0.25, -0.2) is 0 Å². The summed E-state index contributed by atoms with van der Waals surface area (Å²) in [6.45, 7) is 4.77. The first-order valence-corrected chi connectivity index (χ1v) is 3.56. The van der Waals surface area contributed by atoms with Crippen molar-refractivity contribution in [2.24, 2.45) is 5.92 Å². The van der Waals surface area contributed by atoms with E-state index in [0.29, 0.717) is 25.4 Å². The average molecular weight is 140 g/mol. The average Bonchev–Trinajstić information content (AvgIpc) is 1.94. The predicted octanol–water partition coefficient (Wildman–Crippen LogP) is 1.17. The van der Waals surface area contributed by atoms with E-state index in [1.54, 1.807) is 6.08 Å². The Morgan fingerprint density at radius 2 is 2.60 bits per heavy atom. The molecule has 0 saturated carbocycles. The first-order valence-electron chi connectivity index (χ1n) is 3.56. The lowest BCUT2D eigenvalue weighted by atomic mass is 9.97. The van der Waals surface area contributed by atoms with Crippen LogP contribution in [0.4, 0.5) is 0 Å². The van der Waals surface area contributed by atoms with Crippen LogP contribution < -0.4 is 0 Å². The molecule has 0 unspecified atom stereocenters. The van der Waals surface area contributed by atoms with Crippen molar-refractivity contribution in [3.05, 3.63) is 12.7 Å². The number of allylic oxidation sites excluding steroid dienone is 1. The smallest absolute Gasteiger partial charge is 0.140 e. The minimum atomic E-state index is 0.0891. The van der Waals surface area contributed by atoms with Gasteiger partial charge in [-0.3, -0.25) is 4.79 Å². The monoisotopic (exact) mass is 140 g/mol. The highest BCUT2D eigenvalue weighted by atomic mass is 16.5. The number of ketones is 1. The van der Waals surface area contributed by atoms with Crippen LogP contribution in [0.2, 0.25) is 0 Å². The fourth-order valence-corrected chi connectivity index (χ4v) is 1.10. The van der Waals surface area contributed by atoms with E-state index in [0.717, 1.165) is 6.42 Å². The third-order valence-corrected chi connectivity index (χ3v) is 1.72. The molecule has 0 radical (unpaired) electrons. The first-order chi connectivity index (χ1) is 4.84. The van der Waals surface area contributed by atoms with Gasteiger partial charge in [0, 0.05) is 12.3 Å². The van der Waals surface area contributed by atoms with Crippen LogP contribution in [0.15, 0.2) is 12.7 Å². The topological polar surface area (TPSA) is 26.3 Å². The van der Waals surface area contributed by atoms with Crippen LogP contribution in [0.3, 0.4) is 0 Å². The molecule has 10 heavy (non-hydrogen) atoms. The SMILES string of the molecule is C=CC[C@H]1COCCC1=O. The molecule has 0 aliphatic carbocycles. The Labute approximate surface area is 60.9 Å². The second-order valence-electron chi connectivity index (χ2n) is 2.51. The predicted molar refractivity (Wildman–Crippen MR) is 38.7 cm³/mol. The largest absolute Gasteiger partial charge is 0.380 e. The second-order valence-corrected chi connectivity index (χ2v) is 2.51. The highest BCUT2D eigenvalue weighted by Gasteiger charge is 2.20. The summed E-state index contributed by atoms with van der Waals surface area (Å²) in [5, 5.41) is 0. The van der Waals surface area contributed by atoms with E-state index in [2.05, 4.69) is 6.58 Å². The third kappa shape index (κ3) is 1.67. The van der Waals surface area contributed by atoms with Crippen LogP contribution in [0.1, 0.15) is 12.8 Å². The maximum atomic E-state index is 11.1. The van der Waals surface area contributed by atoms with Crippen molar-refractivity contribution in [2.45, 2.75) is 12.8 Å². The summed E-state index contributed by atoms with van der Waals surface area (Å²) in [7, 11) is 0. The van der Waals surface area contributed by atoms with Gasteiger partial charge in [-0.2, -0.15) is 0 Å². The van der Waals surface area contributed by atoms with Crippen molar-refractivity contribution < 1.29 is 9.53 Å². The Hall–Kier alpha value is -0.630. The van der Waals surface area contributed by atoms with Gasteiger partial charge in [-0.05, 0) is 6.42 Å². The molecule has 1 fully saturated rings. The standard InChI is InChI=1S/C8H12O2/c1-2-3-7-6-10-5-4-8(7)9/h2,7H,1,3-6H2/t7-/m0/s1. The first kappa shape index (κ1) is 7.48. The van der Waals surface area contributed by atoms with Gasteiger partial charge in [0.05, 0.1) is 13.2 Å². The minimum absolute atomic E-state index is 0.0891. The molecule has 0 aromatic carbocycles. The molecule has 1 rings (SSSR count). The van der Waals surface area contributed by atoms with Gasteiger partial charge in [0.1, 0.15) is 5.78 Å². The van der Waals surface area contributed by atoms with Crippen molar-refractivity contribution in [3.63, 3.8) is 0 Å². The highest BCUT2D eigenvalue weighted by Crippen LogP contribution is 2.13. The second kappa shape index (κ2) is 3.52. The summed E-state index contributed by atoms with van der Waals surface area (Å²) in [5.74, 6) is 0.414. The zero-order chi connectivity index (χ0) is 7.40. The third-order valence-electron chi connectivity index (χ3n) is 1.72. The molecule has 1 atom stereocenters. The molecular formula is C8H12O2.